The lowest BCUT2D eigenvalue weighted by molar-refractivity contribution is -0.117. The molecule has 0 fully saturated rings. The van der Waals surface area contributed by atoms with Crippen LogP contribution in [0.25, 0.3) is 0 Å². The number of nitrogens with one attached hydrogen (secondary N) is 2. The van der Waals surface area contributed by atoms with Crippen molar-refractivity contribution in [3.05, 3.63) is 51.9 Å². The average Bonchev–Trinajstić information content (AvgIpc) is 3.23. The van der Waals surface area contributed by atoms with Crippen LogP contribution in [0.4, 0.5) is 5.13 Å². The van der Waals surface area contributed by atoms with Crippen molar-refractivity contribution < 1.29 is 9.90 Å². The van der Waals surface area contributed by atoms with E-state index in [4.69, 9.17) is 5.41 Å². The van der Waals surface area contributed by atoms with E-state index in [9.17, 15) is 9.90 Å². The molecule has 0 saturated carbocycles. The first-order valence-corrected chi connectivity index (χ1v) is 10.9. The number of unbranched alkanes of at least 4 members (excludes halogenated alkanes) is 1. The zero-order valence-electron chi connectivity index (χ0n) is 15.8. The van der Waals surface area contributed by atoms with Gasteiger partial charge in [0.2, 0.25) is 11.0 Å². The predicted octanol–water partition coefficient (Wildman–Crippen LogP) is 4.65. The van der Waals surface area contributed by atoms with Gasteiger partial charge in [-0.2, -0.15) is 0 Å². The molecule has 0 bridgehead atoms. The number of fused-ring (bicyclic) bond motifs is 1. The summed E-state index contributed by atoms with van der Waals surface area (Å²) < 4.78 is 0. The van der Waals surface area contributed by atoms with Gasteiger partial charge >= 0.3 is 0 Å². The second-order valence-electron chi connectivity index (χ2n) is 6.83. The van der Waals surface area contributed by atoms with Gasteiger partial charge in [0.15, 0.2) is 0 Å². The molecule has 0 spiro atoms. The van der Waals surface area contributed by atoms with Crippen LogP contribution in [0.15, 0.2) is 35.7 Å². The number of hydrogen-bond acceptors (Lipinski definition) is 7. The van der Waals surface area contributed by atoms with Crippen molar-refractivity contribution in [2.45, 2.75) is 51.0 Å². The Hall–Kier alpha value is -2.03. The Morgan fingerprint density at radius 1 is 1.36 bits per heavy atom. The van der Waals surface area contributed by atoms with E-state index in [1.54, 1.807) is 6.92 Å². The smallest absolute Gasteiger partial charge is 0.233 e. The lowest BCUT2D eigenvalue weighted by atomic mass is 10.0. The zero-order valence-corrected chi connectivity index (χ0v) is 17.4. The standard InChI is InChI=1S/C20H24N4O2S2/c1-12(27-13(2)21)7-3-6-10-18-23-24-20(28-18)22-19(26)16-11-17(25)15-9-5-4-8-14(15)16/h4-5,8-9,16-17,21,25H,1,3,6-7,10-11H2,2H3,(H,22,24,26). The maximum absolute atomic E-state index is 12.6. The van der Waals surface area contributed by atoms with Crippen LogP contribution in [0.1, 0.15) is 60.8 Å². The van der Waals surface area contributed by atoms with E-state index in [0.717, 1.165) is 46.7 Å². The molecule has 3 N–H and O–H groups in total. The van der Waals surface area contributed by atoms with Gasteiger partial charge < -0.3 is 5.11 Å². The number of aliphatic hydroxyl groups excluding tert-OH is 1. The zero-order chi connectivity index (χ0) is 20.1. The van der Waals surface area contributed by atoms with Gasteiger partial charge in [0.25, 0.3) is 0 Å². The third kappa shape index (κ3) is 5.27. The Balaban J connectivity index is 1.48. The number of nitrogens with zero attached hydrogens (tertiary/aromatic N) is 2. The number of anilines is 1. The Kier molecular flexibility index (Phi) is 6.98. The van der Waals surface area contributed by atoms with Gasteiger partial charge in [-0.1, -0.05) is 53.9 Å². The van der Waals surface area contributed by atoms with E-state index in [-0.39, 0.29) is 11.8 Å². The molecular weight excluding hydrogens is 392 g/mol. The van der Waals surface area contributed by atoms with E-state index < -0.39 is 6.10 Å². The first-order valence-electron chi connectivity index (χ1n) is 9.25. The number of carbonyl (C=O) groups excluding carboxylic acids is 1. The summed E-state index contributed by atoms with van der Waals surface area (Å²) in [6.45, 7) is 5.73. The number of hydrogen-bond donors (Lipinski definition) is 3. The third-order valence-corrected chi connectivity index (χ3v) is 6.29. The number of aromatic nitrogens is 2. The highest BCUT2D eigenvalue weighted by Crippen LogP contribution is 2.40. The highest BCUT2D eigenvalue weighted by Gasteiger charge is 2.34. The molecule has 0 radical (unpaired) electrons. The molecule has 6 nitrogen and oxygen atoms in total. The average molecular weight is 417 g/mol. The molecule has 0 saturated heterocycles. The maximum Gasteiger partial charge on any atom is 0.233 e. The molecule has 28 heavy (non-hydrogen) atoms. The summed E-state index contributed by atoms with van der Waals surface area (Å²) >= 11 is 2.81. The summed E-state index contributed by atoms with van der Waals surface area (Å²) in [5.41, 5.74) is 1.72. The van der Waals surface area contributed by atoms with E-state index in [2.05, 4.69) is 22.1 Å². The van der Waals surface area contributed by atoms with Crippen LogP contribution < -0.4 is 5.32 Å². The number of benzene rings is 1. The third-order valence-electron chi connectivity index (χ3n) is 4.60. The Labute approximate surface area is 173 Å². The molecule has 148 valence electrons. The molecule has 1 aromatic carbocycles. The van der Waals surface area contributed by atoms with Crippen molar-refractivity contribution in [3.8, 4) is 0 Å². The molecule has 2 unspecified atom stereocenters. The quantitative estimate of drug-likeness (QED) is 0.330. The molecule has 1 aliphatic rings. The Morgan fingerprint density at radius 3 is 2.86 bits per heavy atom. The van der Waals surface area contributed by atoms with Crippen LogP contribution in [0.5, 0.6) is 0 Å². The molecular formula is C20H24N4O2S2. The van der Waals surface area contributed by atoms with Gasteiger partial charge in [0.05, 0.1) is 17.1 Å². The normalized spacial score (nSPS) is 17.9. The second kappa shape index (κ2) is 9.45. The minimum atomic E-state index is -0.596. The Bertz CT molecular complexity index is 881. The van der Waals surface area contributed by atoms with Gasteiger partial charge in [-0.05, 0) is 48.6 Å². The number of carbonyl (C=O) groups is 1. The highest BCUT2D eigenvalue weighted by molar-refractivity contribution is 8.17. The molecule has 8 heteroatoms. The second-order valence-corrected chi connectivity index (χ2v) is 9.28. The van der Waals surface area contributed by atoms with Crippen molar-refractivity contribution in [2.24, 2.45) is 0 Å². The summed E-state index contributed by atoms with van der Waals surface area (Å²) in [4.78, 5) is 13.7. The first kappa shape index (κ1) is 20.7. The molecule has 2 aromatic rings. The molecule has 3 rings (SSSR count). The van der Waals surface area contributed by atoms with E-state index in [1.807, 2.05) is 24.3 Å². The molecule has 1 heterocycles. The molecule has 1 aliphatic carbocycles. The van der Waals surface area contributed by atoms with Gasteiger partial charge in [-0.15, -0.1) is 10.2 Å². The minimum Gasteiger partial charge on any atom is -0.388 e. The van der Waals surface area contributed by atoms with Crippen LogP contribution in [-0.4, -0.2) is 26.3 Å². The molecule has 0 aliphatic heterocycles. The number of thioether (sulfide) groups is 1. The SMILES string of the molecule is C=C(CCCCc1nnc(NC(=O)C2CC(O)c3ccccc32)s1)SC(C)=N. The van der Waals surface area contributed by atoms with Crippen molar-refractivity contribution in [3.63, 3.8) is 0 Å². The molecule has 1 aromatic heterocycles. The van der Waals surface area contributed by atoms with Crippen molar-refractivity contribution in [2.75, 3.05) is 5.32 Å². The summed E-state index contributed by atoms with van der Waals surface area (Å²) in [7, 11) is 0. The van der Waals surface area contributed by atoms with Crippen LogP contribution in [0.3, 0.4) is 0 Å². The number of amides is 1. The highest BCUT2D eigenvalue weighted by atomic mass is 32.2. The summed E-state index contributed by atoms with van der Waals surface area (Å²) in [5, 5.41) is 30.6. The summed E-state index contributed by atoms with van der Waals surface area (Å²) in [5.74, 6) is -0.513. The van der Waals surface area contributed by atoms with Gasteiger partial charge in [-0.3, -0.25) is 15.5 Å². The van der Waals surface area contributed by atoms with E-state index in [0.29, 0.717) is 16.6 Å². The van der Waals surface area contributed by atoms with Gasteiger partial charge in [-0.25, -0.2) is 0 Å². The summed E-state index contributed by atoms with van der Waals surface area (Å²) in [6.07, 6.45) is 3.43. The summed E-state index contributed by atoms with van der Waals surface area (Å²) in [6, 6.07) is 7.52. The number of aliphatic hydroxyl groups is 1. The topological polar surface area (TPSA) is 99.0 Å². The van der Waals surface area contributed by atoms with Crippen LogP contribution in [-0.2, 0) is 11.2 Å². The number of aryl methyl sites for hydroxylation is 1. The fourth-order valence-corrected chi connectivity index (χ4v) is 4.78. The Morgan fingerprint density at radius 2 is 2.11 bits per heavy atom. The van der Waals surface area contributed by atoms with Gasteiger partial charge in [0.1, 0.15) is 5.01 Å². The van der Waals surface area contributed by atoms with E-state index >= 15 is 0 Å². The van der Waals surface area contributed by atoms with Crippen molar-refractivity contribution >= 4 is 39.2 Å². The fraction of sp³-hybridized carbons (Fsp3) is 0.400. The lowest BCUT2D eigenvalue weighted by Crippen LogP contribution is -2.19. The van der Waals surface area contributed by atoms with Crippen molar-refractivity contribution in [1.82, 2.24) is 10.2 Å². The maximum atomic E-state index is 12.6. The van der Waals surface area contributed by atoms with Crippen LogP contribution >= 0.6 is 23.1 Å². The predicted molar refractivity (Wildman–Crippen MR) is 115 cm³/mol. The number of allylic oxidation sites excluding steroid dienone is 1. The van der Waals surface area contributed by atoms with Crippen LogP contribution in [0.2, 0.25) is 0 Å². The first-order chi connectivity index (χ1) is 13.4. The fourth-order valence-electron chi connectivity index (χ4n) is 3.32. The van der Waals surface area contributed by atoms with Gasteiger partial charge in [0, 0.05) is 6.42 Å². The molecule has 2 atom stereocenters. The lowest BCUT2D eigenvalue weighted by Gasteiger charge is -2.09. The largest absolute Gasteiger partial charge is 0.388 e. The monoisotopic (exact) mass is 416 g/mol. The van der Waals surface area contributed by atoms with Crippen molar-refractivity contribution in [1.29, 1.82) is 5.41 Å². The molecule has 1 amide bonds. The van der Waals surface area contributed by atoms with E-state index in [1.165, 1.54) is 23.1 Å². The number of rotatable bonds is 8. The van der Waals surface area contributed by atoms with Crippen LogP contribution in [0, 0.1) is 5.41 Å². The minimum absolute atomic E-state index is 0.151.